The summed E-state index contributed by atoms with van der Waals surface area (Å²) < 4.78 is 13.1. The minimum Gasteiger partial charge on any atom is -0.337 e. The van der Waals surface area contributed by atoms with E-state index in [0.29, 0.717) is 0 Å². The minimum absolute atomic E-state index is 0.0457. The SMILES string of the molecule is CC(C)[C@H](NCC(=O)N[C@@](C)(C#N)C1CC1)c1ccc(F)cc1. The Balaban J connectivity index is 1.95. The Kier molecular flexibility index (Phi) is 5.38. The number of carbonyl (C=O) groups excluding carboxylic acids is 1. The van der Waals surface area contributed by atoms with E-state index in [0.717, 1.165) is 18.4 Å². The van der Waals surface area contributed by atoms with E-state index in [1.54, 1.807) is 19.1 Å². The van der Waals surface area contributed by atoms with Gasteiger partial charge in [-0.05, 0) is 49.3 Å². The van der Waals surface area contributed by atoms with Crippen molar-refractivity contribution in [3.63, 3.8) is 0 Å². The number of halogens is 1. The van der Waals surface area contributed by atoms with Gasteiger partial charge in [-0.1, -0.05) is 26.0 Å². The van der Waals surface area contributed by atoms with Gasteiger partial charge in [-0.2, -0.15) is 5.26 Å². The lowest BCUT2D eigenvalue weighted by Crippen LogP contribution is -2.50. The number of hydrogen-bond acceptors (Lipinski definition) is 3. The summed E-state index contributed by atoms with van der Waals surface area (Å²) >= 11 is 0. The Morgan fingerprint density at radius 2 is 2.00 bits per heavy atom. The van der Waals surface area contributed by atoms with Gasteiger partial charge < -0.3 is 10.6 Å². The fraction of sp³-hybridized carbons (Fsp3) is 0.556. The molecule has 0 spiro atoms. The van der Waals surface area contributed by atoms with Crippen molar-refractivity contribution >= 4 is 5.91 Å². The first kappa shape index (κ1) is 17.4. The molecule has 0 aromatic heterocycles. The molecule has 1 saturated carbocycles. The summed E-state index contributed by atoms with van der Waals surface area (Å²) in [5.41, 5.74) is 0.168. The van der Waals surface area contributed by atoms with E-state index >= 15 is 0 Å². The normalized spacial score (nSPS) is 18.1. The molecule has 23 heavy (non-hydrogen) atoms. The van der Waals surface area contributed by atoms with Crippen LogP contribution in [0.15, 0.2) is 24.3 Å². The molecule has 1 aliphatic carbocycles. The van der Waals surface area contributed by atoms with E-state index < -0.39 is 5.54 Å². The van der Waals surface area contributed by atoms with E-state index in [1.807, 2.05) is 13.8 Å². The molecule has 0 unspecified atom stereocenters. The van der Waals surface area contributed by atoms with Crippen LogP contribution in [-0.2, 0) is 4.79 Å². The fourth-order valence-corrected chi connectivity index (χ4v) is 2.83. The maximum Gasteiger partial charge on any atom is 0.235 e. The molecule has 0 heterocycles. The van der Waals surface area contributed by atoms with Gasteiger partial charge in [-0.25, -0.2) is 4.39 Å². The number of hydrogen-bond donors (Lipinski definition) is 2. The zero-order valence-electron chi connectivity index (χ0n) is 13.9. The summed E-state index contributed by atoms with van der Waals surface area (Å²) in [4.78, 5) is 12.2. The molecule has 2 rings (SSSR count). The highest BCUT2D eigenvalue weighted by Gasteiger charge is 2.42. The molecule has 4 nitrogen and oxygen atoms in total. The van der Waals surface area contributed by atoms with E-state index in [-0.39, 0.29) is 36.1 Å². The van der Waals surface area contributed by atoms with Gasteiger partial charge in [-0.15, -0.1) is 0 Å². The van der Waals surface area contributed by atoms with Gasteiger partial charge in [0.05, 0.1) is 12.6 Å². The number of amides is 1. The molecule has 0 radical (unpaired) electrons. The summed E-state index contributed by atoms with van der Waals surface area (Å²) in [6.07, 6.45) is 1.98. The van der Waals surface area contributed by atoms with Crippen LogP contribution in [-0.4, -0.2) is 18.0 Å². The summed E-state index contributed by atoms with van der Waals surface area (Å²) in [6, 6.07) is 8.48. The Morgan fingerprint density at radius 1 is 1.39 bits per heavy atom. The first-order valence-electron chi connectivity index (χ1n) is 8.07. The molecule has 0 aliphatic heterocycles. The predicted octanol–water partition coefficient (Wildman–Crippen LogP) is 2.92. The second-order valence-corrected chi connectivity index (χ2v) is 6.79. The van der Waals surface area contributed by atoms with E-state index in [2.05, 4.69) is 16.7 Å². The number of rotatable bonds is 7. The Hall–Kier alpha value is -1.93. The highest BCUT2D eigenvalue weighted by molar-refractivity contribution is 5.79. The lowest BCUT2D eigenvalue weighted by atomic mass is 9.95. The smallest absolute Gasteiger partial charge is 0.235 e. The lowest BCUT2D eigenvalue weighted by molar-refractivity contribution is -0.121. The van der Waals surface area contributed by atoms with Crippen molar-refractivity contribution in [3.8, 4) is 6.07 Å². The molecule has 0 saturated heterocycles. The van der Waals surface area contributed by atoms with Gasteiger partial charge >= 0.3 is 0 Å². The van der Waals surface area contributed by atoms with Gasteiger partial charge in [0, 0.05) is 6.04 Å². The molecule has 124 valence electrons. The van der Waals surface area contributed by atoms with Crippen molar-refractivity contribution in [2.45, 2.75) is 45.2 Å². The van der Waals surface area contributed by atoms with Crippen LogP contribution < -0.4 is 10.6 Å². The number of nitrogens with zero attached hydrogens (tertiary/aromatic N) is 1. The first-order valence-corrected chi connectivity index (χ1v) is 8.07. The lowest BCUT2D eigenvalue weighted by Gasteiger charge is -2.26. The second kappa shape index (κ2) is 7.10. The van der Waals surface area contributed by atoms with Crippen molar-refractivity contribution in [2.75, 3.05) is 6.54 Å². The number of benzene rings is 1. The van der Waals surface area contributed by atoms with Crippen LogP contribution in [0.5, 0.6) is 0 Å². The summed E-state index contributed by atoms with van der Waals surface area (Å²) in [7, 11) is 0. The van der Waals surface area contributed by atoms with Crippen LogP contribution >= 0.6 is 0 Å². The van der Waals surface area contributed by atoms with Gasteiger partial charge in [0.25, 0.3) is 0 Å². The molecule has 1 aromatic carbocycles. The van der Waals surface area contributed by atoms with Crippen LogP contribution in [0.3, 0.4) is 0 Å². The van der Waals surface area contributed by atoms with Gasteiger partial charge in [0.2, 0.25) is 5.91 Å². The van der Waals surface area contributed by atoms with Crippen LogP contribution in [0, 0.1) is 29.0 Å². The maximum atomic E-state index is 13.1. The summed E-state index contributed by atoms with van der Waals surface area (Å²) in [5, 5.41) is 15.3. The van der Waals surface area contributed by atoms with E-state index in [4.69, 9.17) is 0 Å². The Morgan fingerprint density at radius 3 is 2.48 bits per heavy atom. The monoisotopic (exact) mass is 317 g/mol. The molecule has 1 amide bonds. The molecular formula is C18H24FN3O. The van der Waals surface area contributed by atoms with Gasteiger partial charge in [0.15, 0.2) is 0 Å². The molecule has 2 N–H and O–H groups in total. The van der Waals surface area contributed by atoms with Crippen molar-refractivity contribution in [3.05, 3.63) is 35.6 Å². The van der Waals surface area contributed by atoms with E-state index in [1.165, 1.54) is 12.1 Å². The third-order valence-electron chi connectivity index (χ3n) is 4.40. The van der Waals surface area contributed by atoms with Gasteiger partial charge in [-0.3, -0.25) is 4.79 Å². The second-order valence-electron chi connectivity index (χ2n) is 6.79. The number of carbonyl (C=O) groups is 1. The number of nitriles is 1. The summed E-state index contributed by atoms with van der Waals surface area (Å²) in [6.45, 7) is 6.00. The largest absolute Gasteiger partial charge is 0.337 e. The average Bonchev–Trinajstić information content (AvgIpc) is 3.34. The third kappa shape index (κ3) is 4.52. The molecule has 5 heteroatoms. The maximum absolute atomic E-state index is 13.1. The van der Waals surface area contributed by atoms with Crippen molar-refractivity contribution < 1.29 is 9.18 Å². The van der Waals surface area contributed by atoms with Crippen LogP contribution in [0.25, 0.3) is 0 Å². The standard InChI is InChI=1S/C18H24FN3O/c1-12(2)17(13-4-8-15(19)9-5-13)21-10-16(23)22-18(3,11-20)14-6-7-14/h4-5,8-9,12,14,17,21H,6-7,10H2,1-3H3,(H,22,23)/t17-,18-/m0/s1. The fourth-order valence-electron chi connectivity index (χ4n) is 2.83. The van der Waals surface area contributed by atoms with Gasteiger partial charge in [0.1, 0.15) is 11.4 Å². The Labute approximate surface area is 137 Å². The Bertz CT molecular complexity index is 589. The molecule has 1 aromatic rings. The van der Waals surface area contributed by atoms with E-state index in [9.17, 15) is 14.4 Å². The molecule has 2 atom stereocenters. The number of nitrogens with one attached hydrogen (secondary N) is 2. The molecule has 1 fully saturated rings. The molecule has 0 bridgehead atoms. The van der Waals surface area contributed by atoms with Crippen molar-refractivity contribution in [1.29, 1.82) is 5.26 Å². The molecule has 1 aliphatic rings. The predicted molar refractivity (Wildman–Crippen MR) is 86.9 cm³/mol. The van der Waals surface area contributed by atoms with Crippen LogP contribution in [0.1, 0.15) is 45.2 Å². The van der Waals surface area contributed by atoms with Crippen molar-refractivity contribution in [2.24, 2.45) is 11.8 Å². The molecular weight excluding hydrogens is 293 g/mol. The highest BCUT2D eigenvalue weighted by Crippen LogP contribution is 2.39. The topological polar surface area (TPSA) is 64.9 Å². The minimum atomic E-state index is -0.776. The van der Waals surface area contributed by atoms with Crippen LogP contribution in [0.4, 0.5) is 4.39 Å². The van der Waals surface area contributed by atoms with Crippen LogP contribution in [0.2, 0.25) is 0 Å². The third-order valence-corrected chi connectivity index (χ3v) is 4.40. The quantitative estimate of drug-likeness (QED) is 0.812. The highest BCUT2D eigenvalue weighted by atomic mass is 19.1. The zero-order valence-corrected chi connectivity index (χ0v) is 13.9. The first-order chi connectivity index (χ1) is 10.9. The summed E-state index contributed by atoms with van der Waals surface area (Å²) in [5.74, 6) is 0.0467. The average molecular weight is 317 g/mol. The van der Waals surface area contributed by atoms with Crippen molar-refractivity contribution in [1.82, 2.24) is 10.6 Å². The zero-order chi connectivity index (χ0) is 17.0.